The SMILES string of the molecule is CCc1ccc(CN(Cc2cccnc2)C(=O)c2cc(C(=O)OC)cc([N+](=O)[O-])c2)cc1. The van der Waals surface area contributed by atoms with Crippen molar-refractivity contribution in [2.45, 2.75) is 26.4 Å². The lowest BCUT2D eigenvalue weighted by molar-refractivity contribution is -0.384. The van der Waals surface area contributed by atoms with Crippen LogP contribution in [0.1, 0.15) is 44.3 Å². The average Bonchev–Trinajstić information content (AvgIpc) is 2.83. The highest BCUT2D eigenvalue weighted by atomic mass is 16.6. The Bertz CT molecular complexity index is 1110. The third-order valence-electron chi connectivity index (χ3n) is 4.98. The summed E-state index contributed by atoms with van der Waals surface area (Å²) in [5.74, 6) is -1.20. The summed E-state index contributed by atoms with van der Waals surface area (Å²) >= 11 is 0. The molecule has 0 saturated carbocycles. The normalized spacial score (nSPS) is 10.4. The first-order chi connectivity index (χ1) is 15.4. The second kappa shape index (κ2) is 10.3. The maximum absolute atomic E-state index is 13.4. The Labute approximate surface area is 185 Å². The Morgan fingerprint density at radius 1 is 1.00 bits per heavy atom. The van der Waals surface area contributed by atoms with Crippen LogP contribution in [0, 0.1) is 10.1 Å². The molecular formula is C24H23N3O5. The fraction of sp³-hybridized carbons (Fsp3) is 0.208. The van der Waals surface area contributed by atoms with Crippen LogP contribution in [0.2, 0.25) is 0 Å². The van der Waals surface area contributed by atoms with Crippen LogP contribution in [0.5, 0.6) is 0 Å². The van der Waals surface area contributed by atoms with Gasteiger partial charge in [0.15, 0.2) is 0 Å². The van der Waals surface area contributed by atoms with E-state index in [2.05, 4.69) is 16.6 Å². The molecule has 0 aliphatic rings. The Balaban J connectivity index is 1.99. The van der Waals surface area contributed by atoms with Gasteiger partial charge < -0.3 is 9.64 Å². The molecule has 0 aliphatic carbocycles. The highest BCUT2D eigenvalue weighted by Crippen LogP contribution is 2.21. The molecule has 8 nitrogen and oxygen atoms in total. The van der Waals surface area contributed by atoms with Crippen LogP contribution in [0.3, 0.4) is 0 Å². The van der Waals surface area contributed by atoms with Crippen molar-refractivity contribution >= 4 is 17.6 Å². The summed E-state index contributed by atoms with van der Waals surface area (Å²) in [7, 11) is 1.18. The molecule has 0 bridgehead atoms. The maximum atomic E-state index is 13.4. The van der Waals surface area contributed by atoms with E-state index >= 15 is 0 Å². The van der Waals surface area contributed by atoms with E-state index in [-0.39, 0.29) is 29.9 Å². The number of non-ortho nitro benzene ring substituents is 1. The Morgan fingerprint density at radius 3 is 2.25 bits per heavy atom. The minimum Gasteiger partial charge on any atom is -0.465 e. The van der Waals surface area contributed by atoms with Gasteiger partial charge in [-0.15, -0.1) is 0 Å². The molecule has 164 valence electrons. The van der Waals surface area contributed by atoms with Crippen molar-refractivity contribution in [1.29, 1.82) is 0 Å². The van der Waals surface area contributed by atoms with Crippen LogP contribution in [-0.2, 0) is 24.2 Å². The number of nitrogens with zero attached hydrogens (tertiary/aromatic N) is 3. The number of nitro groups is 1. The van der Waals surface area contributed by atoms with Crippen molar-refractivity contribution in [3.8, 4) is 0 Å². The first kappa shape index (κ1) is 22.6. The lowest BCUT2D eigenvalue weighted by atomic mass is 10.1. The summed E-state index contributed by atoms with van der Waals surface area (Å²) in [6.45, 7) is 2.60. The number of amides is 1. The van der Waals surface area contributed by atoms with Crippen LogP contribution < -0.4 is 0 Å². The number of carbonyl (C=O) groups excluding carboxylic acids is 2. The third-order valence-corrected chi connectivity index (χ3v) is 4.98. The van der Waals surface area contributed by atoms with Crippen molar-refractivity contribution in [1.82, 2.24) is 9.88 Å². The molecule has 2 aromatic carbocycles. The van der Waals surface area contributed by atoms with Gasteiger partial charge in [0.1, 0.15) is 0 Å². The number of ether oxygens (including phenoxy) is 1. The molecule has 8 heteroatoms. The Kier molecular flexibility index (Phi) is 7.28. The second-order valence-electron chi connectivity index (χ2n) is 7.21. The standard InChI is InChI=1S/C24H23N3O5/c1-3-17-6-8-18(9-7-17)15-26(16-19-5-4-10-25-14-19)23(28)20-11-21(24(29)32-2)13-22(12-20)27(30)31/h4-14H,3,15-16H2,1-2H3. The van der Waals surface area contributed by atoms with Gasteiger partial charge >= 0.3 is 5.97 Å². The number of rotatable bonds is 8. The number of pyridine rings is 1. The van der Waals surface area contributed by atoms with E-state index in [0.29, 0.717) is 0 Å². The molecule has 0 aliphatic heterocycles. The minimum atomic E-state index is -0.753. The number of aromatic nitrogens is 1. The molecule has 3 rings (SSSR count). The molecule has 32 heavy (non-hydrogen) atoms. The lowest BCUT2D eigenvalue weighted by Crippen LogP contribution is -2.30. The molecule has 0 N–H and O–H groups in total. The van der Waals surface area contributed by atoms with Crippen molar-refractivity contribution in [2.24, 2.45) is 0 Å². The highest BCUT2D eigenvalue weighted by molar-refractivity contribution is 5.99. The zero-order chi connectivity index (χ0) is 23.1. The molecule has 1 heterocycles. The fourth-order valence-electron chi connectivity index (χ4n) is 3.27. The van der Waals surface area contributed by atoms with Crippen molar-refractivity contribution in [3.63, 3.8) is 0 Å². The minimum absolute atomic E-state index is 0.0358. The molecule has 1 aromatic heterocycles. The molecule has 1 amide bonds. The van der Waals surface area contributed by atoms with E-state index in [1.807, 2.05) is 30.3 Å². The topological polar surface area (TPSA) is 103 Å². The summed E-state index contributed by atoms with van der Waals surface area (Å²) < 4.78 is 4.68. The summed E-state index contributed by atoms with van der Waals surface area (Å²) in [6.07, 6.45) is 4.21. The summed E-state index contributed by atoms with van der Waals surface area (Å²) in [6, 6.07) is 15.1. The quantitative estimate of drug-likeness (QED) is 0.300. The van der Waals surface area contributed by atoms with Gasteiger partial charge in [0.05, 0.1) is 17.6 Å². The van der Waals surface area contributed by atoms with Crippen LogP contribution >= 0.6 is 0 Å². The Hall–Kier alpha value is -4.07. The van der Waals surface area contributed by atoms with E-state index in [1.165, 1.54) is 24.8 Å². The molecule has 0 spiro atoms. The van der Waals surface area contributed by atoms with E-state index in [0.717, 1.165) is 23.6 Å². The van der Waals surface area contributed by atoms with Crippen LogP contribution in [0.25, 0.3) is 0 Å². The van der Waals surface area contributed by atoms with Gasteiger partial charge in [0.25, 0.3) is 11.6 Å². The predicted molar refractivity (Wildman–Crippen MR) is 118 cm³/mol. The molecular weight excluding hydrogens is 410 g/mol. The van der Waals surface area contributed by atoms with Crippen LogP contribution in [-0.4, -0.2) is 33.8 Å². The zero-order valence-electron chi connectivity index (χ0n) is 17.9. The molecule has 0 radical (unpaired) electrons. The molecule has 3 aromatic rings. The third kappa shape index (κ3) is 5.54. The van der Waals surface area contributed by atoms with E-state index in [4.69, 9.17) is 0 Å². The van der Waals surface area contributed by atoms with E-state index < -0.39 is 16.8 Å². The van der Waals surface area contributed by atoms with Gasteiger partial charge in [-0.25, -0.2) is 4.79 Å². The van der Waals surface area contributed by atoms with Gasteiger partial charge in [-0.1, -0.05) is 37.3 Å². The second-order valence-corrected chi connectivity index (χ2v) is 7.21. The number of aryl methyl sites for hydroxylation is 1. The fourth-order valence-corrected chi connectivity index (χ4v) is 3.27. The smallest absolute Gasteiger partial charge is 0.338 e. The Morgan fingerprint density at radius 2 is 1.66 bits per heavy atom. The van der Waals surface area contributed by atoms with Crippen molar-refractivity contribution < 1.29 is 19.2 Å². The van der Waals surface area contributed by atoms with Gasteiger partial charge in [-0.2, -0.15) is 0 Å². The first-order valence-electron chi connectivity index (χ1n) is 10.0. The van der Waals surface area contributed by atoms with Gasteiger partial charge in [0, 0.05) is 43.2 Å². The lowest BCUT2D eigenvalue weighted by Gasteiger charge is -2.23. The molecule has 0 unspecified atom stereocenters. The van der Waals surface area contributed by atoms with Gasteiger partial charge in [0.2, 0.25) is 0 Å². The first-order valence-corrected chi connectivity index (χ1v) is 10.0. The van der Waals surface area contributed by atoms with Gasteiger partial charge in [-0.3, -0.25) is 19.9 Å². The van der Waals surface area contributed by atoms with Crippen molar-refractivity contribution in [2.75, 3.05) is 7.11 Å². The van der Waals surface area contributed by atoms with Gasteiger partial charge in [-0.05, 0) is 35.2 Å². The zero-order valence-corrected chi connectivity index (χ0v) is 17.9. The number of esters is 1. The number of hydrogen-bond donors (Lipinski definition) is 0. The van der Waals surface area contributed by atoms with Crippen molar-refractivity contribution in [3.05, 3.63) is 105 Å². The predicted octanol–water partition coefficient (Wildman–Crippen LogP) is 4.18. The number of carbonyl (C=O) groups is 2. The molecule has 0 atom stereocenters. The van der Waals surface area contributed by atoms with E-state index in [1.54, 1.807) is 23.4 Å². The highest BCUT2D eigenvalue weighted by Gasteiger charge is 2.22. The number of methoxy groups -OCH3 is 1. The largest absolute Gasteiger partial charge is 0.465 e. The van der Waals surface area contributed by atoms with Crippen LogP contribution in [0.15, 0.2) is 67.0 Å². The number of benzene rings is 2. The van der Waals surface area contributed by atoms with Crippen LogP contribution in [0.4, 0.5) is 5.69 Å². The maximum Gasteiger partial charge on any atom is 0.338 e. The monoisotopic (exact) mass is 433 g/mol. The number of hydrogen-bond acceptors (Lipinski definition) is 6. The summed E-state index contributed by atoms with van der Waals surface area (Å²) in [5.41, 5.74) is 2.53. The summed E-state index contributed by atoms with van der Waals surface area (Å²) in [4.78, 5) is 41.8. The molecule has 0 saturated heterocycles. The summed E-state index contributed by atoms with van der Waals surface area (Å²) in [5, 5.41) is 11.4. The molecule has 0 fully saturated rings. The van der Waals surface area contributed by atoms with E-state index in [9.17, 15) is 19.7 Å². The number of nitro benzene ring substituents is 1. The average molecular weight is 433 g/mol.